The van der Waals surface area contributed by atoms with Gasteiger partial charge in [0, 0.05) is 24.7 Å². The number of rotatable bonds is 1. The summed E-state index contributed by atoms with van der Waals surface area (Å²) < 4.78 is 13.8. The van der Waals surface area contributed by atoms with Gasteiger partial charge in [-0.25, -0.2) is 4.39 Å². The number of halogens is 1. The number of benzene rings is 1. The summed E-state index contributed by atoms with van der Waals surface area (Å²) >= 11 is 0. The summed E-state index contributed by atoms with van der Waals surface area (Å²) in [5.74, 6) is -0.237. The quantitative estimate of drug-likeness (QED) is 0.724. The van der Waals surface area contributed by atoms with Gasteiger partial charge in [-0.05, 0) is 38.0 Å². The molecule has 0 atom stereocenters. The van der Waals surface area contributed by atoms with E-state index in [-0.39, 0.29) is 5.82 Å². The first kappa shape index (κ1) is 11.1. The fraction of sp³-hybridized carbons (Fsp3) is 0.462. The van der Waals surface area contributed by atoms with Gasteiger partial charge in [-0.3, -0.25) is 4.90 Å². The Labute approximate surface area is 95.3 Å². The fourth-order valence-electron chi connectivity index (χ4n) is 2.15. The molecule has 0 radical (unpaired) electrons. The Bertz CT molecular complexity index is 446. The minimum Gasteiger partial charge on any atom is -0.296 e. The number of hydrogen-bond acceptors (Lipinski definition) is 2. The molecule has 0 aromatic heterocycles. The highest BCUT2D eigenvalue weighted by atomic mass is 19.1. The molecule has 16 heavy (non-hydrogen) atoms. The minimum atomic E-state index is -0.237. The molecule has 0 bridgehead atoms. The van der Waals surface area contributed by atoms with Crippen LogP contribution >= 0.6 is 0 Å². The van der Waals surface area contributed by atoms with Crippen LogP contribution in [0.1, 0.15) is 30.5 Å². The lowest BCUT2D eigenvalue weighted by atomic mass is 9.96. The molecule has 0 saturated heterocycles. The van der Waals surface area contributed by atoms with E-state index in [0.717, 1.165) is 24.1 Å². The van der Waals surface area contributed by atoms with Gasteiger partial charge in [0.2, 0.25) is 0 Å². The van der Waals surface area contributed by atoms with E-state index in [1.807, 2.05) is 12.1 Å². The molecule has 1 aromatic rings. The van der Waals surface area contributed by atoms with E-state index < -0.39 is 0 Å². The maximum absolute atomic E-state index is 13.8. The van der Waals surface area contributed by atoms with Crippen LogP contribution < -0.4 is 0 Å². The van der Waals surface area contributed by atoms with Crippen LogP contribution in [-0.4, -0.2) is 17.5 Å². The van der Waals surface area contributed by atoms with Gasteiger partial charge in [-0.2, -0.15) is 5.26 Å². The van der Waals surface area contributed by atoms with E-state index in [9.17, 15) is 4.39 Å². The SMILES string of the molecule is CC(C)N1CCc2cc(C#N)cc(F)c2C1. The van der Waals surface area contributed by atoms with Crippen LogP contribution in [0.4, 0.5) is 4.39 Å². The third kappa shape index (κ3) is 1.94. The molecule has 84 valence electrons. The van der Waals surface area contributed by atoms with Crippen LogP contribution in [0.3, 0.4) is 0 Å². The highest BCUT2D eigenvalue weighted by Crippen LogP contribution is 2.24. The first-order valence-corrected chi connectivity index (χ1v) is 5.57. The van der Waals surface area contributed by atoms with Crippen LogP contribution in [0.15, 0.2) is 12.1 Å². The van der Waals surface area contributed by atoms with Crippen molar-refractivity contribution < 1.29 is 4.39 Å². The van der Waals surface area contributed by atoms with Crippen molar-refractivity contribution >= 4 is 0 Å². The predicted molar refractivity (Wildman–Crippen MR) is 60.4 cm³/mol. The lowest BCUT2D eigenvalue weighted by Gasteiger charge is -2.32. The van der Waals surface area contributed by atoms with Crippen LogP contribution in [0.25, 0.3) is 0 Å². The van der Waals surface area contributed by atoms with Gasteiger partial charge < -0.3 is 0 Å². The second kappa shape index (κ2) is 4.23. The van der Waals surface area contributed by atoms with E-state index in [1.165, 1.54) is 6.07 Å². The van der Waals surface area contributed by atoms with E-state index in [0.29, 0.717) is 18.2 Å². The zero-order valence-corrected chi connectivity index (χ0v) is 9.63. The van der Waals surface area contributed by atoms with Gasteiger partial charge in [0.05, 0.1) is 11.6 Å². The maximum Gasteiger partial charge on any atom is 0.129 e. The highest BCUT2D eigenvalue weighted by Gasteiger charge is 2.21. The summed E-state index contributed by atoms with van der Waals surface area (Å²) in [6.45, 7) is 5.84. The summed E-state index contributed by atoms with van der Waals surface area (Å²) in [5, 5.41) is 8.78. The Kier molecular flexibility index (Phi) is 2.93. The van der Waals surface area contributed by atoms with E-state index >= 15 is 0 Å². The zero-order valence-electron chi connectivity index (χ0n) is 9.63. The molecule has 0 fully saturated rings. The summed E-state index contributed by atoms with van der Waals surface area (Å²) in [7, 11) is 0. The molecule has 1 aromatic carbocycles. The normalized spacial score (nSPS) is 15.9. The van der Waals surface area contributed by atoms with Gasteiger partial charge in [0.1, 0.15) is 5.82 Å². The van der Waals surface area contributed by atoms with Crippen LogP contribution in [0.5, 0.6) is 0 Å². The van der Waals surface area contributed by atoms with Gasteiger partial charge >= 0.3 is 0 Å². The Morgan fingerprint density at radius 2 is 2.19 bits per heavy atom. The lowest BCUT2D eigenvalue weighted by Crippen LogP contribution is -2.36. The lowest BCUT2D eigenvalue weighted by molar-refractivity contribution is 0.200. The van der Waals surface area contributed by atoms with Gasteiger partial charge in [0.25, 0.3) is 0 Å². The number of nitriles is 1. The molecule has 2 rings (SSSR count). The first-order valence-electron chi connectivity index (χ1n) is 5.57. The average Bonchev–Trinajstić information content (AvgIpc) is 2.28. The van der Waals surface area contributed by atoms with Crippen molar-refractivity contribution in [2.75, 3.05) is 6.54 Å². The van der Waals surface area contributed by atoms with Crippen molar-refractivity contribution in [3.8, 4) is 6.07 Å². The summed E-state index contributed by atoms with van der Waals surface area (Å²) in [6.07, 6.45) is 0.833. The Hall–Kier alpha value is -1.40. The minimum absolute atomic E-state index is 0.237. The molecule has 0 spiro atoms. The van der Waals surface area contributed by atoms with Crippen molar-refractivity contribution in [1.82, 2.24) is 4.90 Å². The second-order valence-electron chi connectivity index (χ2n) is 4.52. The molecule has 0 saturated carbocycles. The van der Waals surface area contributed by atoms with Crippen molar-refractivity contribution in [3.63, 3.8) is 0 Å². The van der Waals surface area contributed by atoms with Crippen molar-refractivity contribution in [2.24, 2.45) is 0 Å². The Morgan fingerprint density at radius 3 is 2.81 bits per heavy atom. The highest BCUT2D eigenvalue weighted by molar-refractivity contribution is 5.40. The number of hydrogen-bond donors (Lipinski definition) is 0. The number of nitrogens with zero attached hydrogens (tertiary/aromatic N) is 2. The van der Waals surface area contributed by atoms with Crippen LogP contribution in [0.2, 0.25) is 0 Å². The Morgan fingerprint density at radius 1 is 1.44 bits per heavy atom. The molecule has 1 heterocycles. The maximum atomic E-state index is 13.8. The molecular formula is C13H15FN2. The summed E-state index contributed by atoms with van der Waals surface area (Å²) in [4.78, 5) is 2.25. The zero-order chi connectivity index (χ0) is 11.7. The second-order valence-corrected chi connectivity index (χ2v) is 4.52. The van der Waals surface area contributed by atoms with Crippen molar-refractivity contribution in [2.45, 2.75) is 32.9 Å². The topological polar surface area (TPSA) is 27.0 Å². The van der Waals surface area contributed by atoms with Crippen molar-refractivity contribution in [3.05, 3.63) is 34.6 Å². The molecule has 0 unspecified atom stereocenters. The van der Waals surface area contributed by atoms with Gasteiger partial charge in [-0.1, -0.05) is 0 Å². The standard InChI is InChI=1S/C13H15FN2/c1-9(2)16-4-3-11-5-10(7-15)6-13(14)12(11)8-16/h5-6,9H,3-4,8H2,1-2H3. The predicted octanol–water partition coefficient (Wildman–Crippen LogP) is 2.46. The first-order chi connectivity index (χ1) is 7.61. The van der Waals surface area contributed by atoms with Crippen molar-refractivity contribution in [1.29, 1.82) is 5.26 Å². The Balaban J connectivity index is 2.37. The molecule has 3 heteroatoms. The van der Waals surface area contributed by atoms with E-state index in [4.69, 9.17) is 5.26 Å². The third-order valence-corrected chi connectivity index (χ3v) is 3.18. The average molecular weight is 218 g/mol. The monoisotopic (exact) mass is 218 g/mol. The summed E-state index contributed by atoms with van der Waals surface area (Å²) in [5.41, 5.74) is 2.18. The molecule has 2 nitrogen and oxygen atoms in total. The van der Waals surface area contributed by atoms with E-state index in [1.54, 1.807) is 0 Å². The molecule has 1 aliphatic rings. The van der Waals surface area contributed by atoms with E-state index in [2.05, 4.69) is 18.7 Å². The molecule has 0 aliphatic carbocycles. The molecule has 0 amide bonds. The third-order valence-electron chi connectivity index (χ3n) is 3.18. The van der Waals surface area contributed by atoms with Gasteiger partial charge in [0.15, 0.2) is 0 Å². The molecular weight excluding hydrogens is 203 g/mol. The van der Waals surface area contributed by atoms with Crippen LogP contribution in [-0.2, 0) is 13.0 Å². The molecule has 1 aliphatic heterocycles. The molecule has 0 N–H and O–H groups in total. The smallest absolute Gasteiger partial charge is 0.129 e. The largest absolute Gasteiger partial charge is 0.296 e. The van der Waals surface area contributed by atoms with Crippen LogP contribution in [0, 0.1) is 17.1 Å². The summed E-state index contributed by atoms with van der Waals surface area (Å²) in [6, 6.07) is 5.58. The number of fused-ring (bicyclic) bond motifs is 1. The van der Waals surface area contributed by atoms with Gasteiger partial charge in [-0.15, -0.1) is 0 Å². The fourth-order valence-corrected chi connectivity index (χ4v) is 2.15.